The van der Waals surface area contributed by atoms with Crippen LogP contribution < -0.4 is 15.8 Å². The molecular formula is C20H35IN4O3S. The smallest absolute Gasteiger partial charge is 0.238 e. The number of aliphatic imine (C=N–C) groups is 1. The van der Waals surface area contributed by atoms with Gasteiger partial charge in [0.05, 0.1) is 4.90 Å². The minimum Gasteiger partial charge on any atom is -0.385 e. The molecule has 0 aromatic heterocycles. The van der Waals surface area contributed by atoms with E-state index in [-0.39, 0.29) is 34.3 Å². The summed E-state index contributed by atoms with van der Waals surface area (Å²) in [5, 5.41) is 11.8. The van der Waals surface area contributed by atoms with Crippen LogP contribution in [0, 0.1) is 5.41 Å². The second-order valence-corrected chi connectivity index (χ2v) is 9.07. The Morgan fingerprint density at radius 2 is 1.86 bits per heavy atom. The van der Waals surface area contributed by atoms with E-state index in [9.17, 15) is 8.42 Å². The second-order valence-electron chi connectivity index (χ2n) is 7.51. The Bertz CT molecular complexity index is 733. The molecule has 0 aliphatic heterocycles. The normalized spacial score (nSPS) is 16.3. The number of rotatable bonds is 10. The van der Waals surface area contributed by atoms with Crippen molar-refractivity contribution in [2.45, 2.75) is 50.3 Å². The van der Waals surface area contributed by atoms with Crippen molar-refractivity contribution in [3.05, 3.63) is 29.8 Å². The van der Waals surface area contributed by atoms with Crippen LogP contribution in [0.1, 0.15) is 44.6 Å². The summed E-state index contributed by atoms with van der Waals surface area (Å²) >= 11 is 0. The van der Waals surface area contributed by atoms with Gasteiger partial charge in [-0.25, -0.2) is 13.6 Å². The maximum Gasteiger partial charge on any atom is 0.238 e. The van der Waals surface area contributed by atoms with E-state index < -0.39 is 10.0 Å². The zero-order chi connectivity index (χ0) is 20.5. The fourth-order valence-electron chi connectivity index (χ4n) is 3.69. The summed E-state index contributed by atoms with van der Waals surface area (Å²) in [5.74, 6) is 0.826. The van der Waals surface area contributed by atoms with E-state index in [1.165, 1.54) is 25.7 Å². The van der Waals surface area contributed by atoms with E-state index in [1.54, 1.807) is 31.4 Å². The molecular weight excluding hydrogens is 503 g/mol. The standard InChI is InChI=1S/C20H34N4O3S.HI/c1-3-22-19(24-16-20(13-15-27-2)11-4-5-12-20)23-14-10-17-6-8-18(9-7-17)28(21,25)26;/h6-9H,3-5,10-16H2,1-2H3,(H2,21,25,26)(H2,22,23,24);1H. The van der Waals surface area contributed by atoms with Crippen molar-refractivity contribution in [2.75, 3.05) is 33.4 Å². The Morgan fingerprint density at radius 1 is 1.21 bits per heavy atom. The molecule has 1 aromatic carbocycles. The summed E-state index contributed by atoms with van der Waals surface area (Å²) in [7, 11) is -1.89. The molecule has 0 atom stereocenters. The van der Waals surface area contributed by atoms with Gasteiger partial charge < -0.3 is 15.4 Å². The number of nitrogens with zero attached hydrogens (tertiary/aromatic N) is 1. The molecule has 9 heteroatoms. The number of nitrogens with two attached hydrogens (primary N) is 1. The van der Waals surface area contributed by atoms with Gasteiger partial charge in [-0.3, -0.25) is 4.99 Å². The summed E-state index contributed by atoms with van der Waals surface area (Å²) in [6.45, 7) is 5.17. The van der Waals surface area contributed by atoms with Crippen LogP contribution in [-0.2, 0) is 21.2 Å². The van der Waals surface area contributed by atoms with Gasteiger partial charge >= 0.3 is 0 Å². The van der Waals surface area contributed by atoms with Gasteiger partial charge in [-0.2, -0.15) is 0 Å². The van der Waals surface area contributed by atoms with Gasteiger partial charge in [0.15, 0.2) is 5.96 Å². The Balaban J connectivity index is 0.00000420. The van der Waals surface area contributed by atoms with Gasteiger partial charge in [0.1, 0.15) is 0 Å². The SMILES string of the molecule is CCNC(=NCC1(CCOC)CCCC1)NCCc1ccc(S(N)(=O)=O)cc1.I. The van der Waals surface area contributed by atoms with Crippen LogP contribution in [0.25, 0.3) is 0 Å². The Kier molecular flexibility index (Phi) is 11.4. The van der Waals surface area contributed by atoms with Crippen LogP contribution in [-0.4, -0.2) is 47.7 Å². The second kappa shape index (κ2) is 12.7. The lowest BCUT2D eigenvalue weighted by atomic mass is 9.83. The van der Waals surface area contributed by atoms with Crippen LogP contribution in [0.4, 0.5) is 0 Å². The number of benzene rings is 1. The predicted molar refractivity (Wildman–Crippen MR) is 128 cm³/mol. The molecule has 29 heavy (non-hydrogen) atoms. The molecule has 0 radical (unpaired) electrons. The lowest BCUT2D eigenvalue weighted by Gasteiger charge is -2.27. The topological polar surface area (TPSA) is 106 Å². The lowest BCUT2D eigenvalue weighted by molar-refractivity contribution is 0.141. The molecule has 0 unspecified atom stereocenters. The minimum absolute atomic E-state index is 0. The Hall–Kier alpha value is -0.910. The Morgan fingerprint density at radius 3 is 2.41 bits per heavy atom. The zero-order valence-electron chi connectivity index (χ0n) is 17.4. The maximum absolute atomic E-state index is 11.3. The number of methoxy groups -OCH3 is 1. The molecule has 0 saturated heterocycles. The molecule has 4 N–H and O–H groups in total. The molecule has 0 spiro atoms. The van der Waals surface area contributed by atoms with Gasteiger partial charge in [-0.1, -0.05) is 25.0 Å². The van der Waals surface area contributed by atoms with Gasteiger partial charge in [-0.15, -0.1) is 24.0 Å². The molecule has 1 fully saturated rings. The van der Waals surface area contributed by atoms with Crippen LogP contribution in [0.5, 0.6) is 0 Å². The molecule has 0 amide bonds. The van der Waals surface area contributed by atoms with Crippen molar-refractivity contribution >= 4 is 40.0 Å². The molecule has 1 aromatic rings. The van der Waals surface area contributed by atoms with Gasteiger partial charge in [0.25, 0.3) is 0 Å². The highest BCUT2D eigenvalue weighted by Gasteiger charge is 2.33. The number of hydrogen-bond donors (Lipinski definition) is 3. The quantitative estimate of drug-likeness (QED) is 0.241. The number of sulfonamides is 1. The zero-order valence-corrected chi connectivity index (χ0v) is 20.6. The summed E-state index contributed by atoms with van der Waals surface area (Å²) < 4.78 is 28.0. The van der Waals surface area contributed by atoms with Gasteiger partial charge in [-0.05, 0) is 55.7 Å². The van der Waals surface area contributed by atoms with E-state index in [1.807, 2.05) is 0 Å². The molecule has 1 aliphatic carbocycles. The molecule has 0 bridgehead atoms. The summed E-state index contributed by atoms with van der Waals surface area (Å²) in [4.78, 5) is 4.98. The first-order valence-corrected chi connectivity index (χ1v) is 11.6. The fourth-order valence-corrected chi connectivity index (χ4v) is 4.21. The van der Waals surface area contributed by atoms with Crippen molar-refractivity contribution in [1.29, 1.82) is 0 Å². The highest BCUT2D eigenvalue weighted by atomic mass is 127. The highest BCUT2D eigenvalue weighted by molar-refractivity contribution is 14.0. The van der Waals surface area contributed by atoms with Crippen LogP contribution >= 0.6 is 24.0 Å². The van der Waals surface area contributed by atoms with Gasteiger partial charge in [0.2, 0.25) is 10.0 Å². The third-order valence-corrected chi connectivity index (χ3v) is 6.30. The molecule has 1 aliphatic rings. The van der Waals surface area contributed by atoms with Gasteiger partial charge in [0, 0.05) is 33.4 Å². The number of hydrogen-bond acceptors (Lipinski definition) is 4. The van der Waals surface area contributed by atoms with Crippen molar-refractivity contribution in [1.82, 2.24) is 10.6 Å². The molecule has 166 valence electrons. The monoisotopic (exact) mass is 538 g/mol. The minimum atomic E-state index is -3.64. The summed E-state index contributed by atoms with van der Waals surface area (Å²) in [5.41, 5.74) is 1.31. The third-order valence-electron chi connectivity index (χ3n) is 5.38. The summed E-state index contributed by atoms with van der Waals surface area (Å²) in [6.07, 6.45) is 6.81. The third kappa shape index (κ3) is 8.77. The maximum atomic E-state index is 11.3. The molecule has 1 saturated carbocycles. The number of nitrogens with one attached hydrogen (secondary N) is 2. The number of guanidine groups is 1. The Labute approximate surface area is 192 Å². The number of halogens is 1. The van der Waals surface area contributed by atoms with E-state index >= 15 is 0 Å². The number of ether oxygens (including phenoxy) is 1. The average Bonchev–Trinajstić information content (AvgIpc) is 3.13. The van der Waals surface area contributed by atoms with Crippen LogP contribution in [0.3, 0.4) is 0 Å². The van der Waals surface area contributed by atoms with E-state index in [0.717, 1.165) is 44.1 Å². The van der Waals surface area contributed by atoms with Crippen LogP contribution in [0.2, 0.25) is 0 Å². The molecule has 7 nitrogen and oxygen atoms in total. The van der Waals surface area contributed by atoms with E-state index in [4.69, 9.17) is 14.9 Å². The predicted octanol–water partition coefficient (Wildman–Crippen LogP) is 2.65. The molecule has 2 rings (SSSR count). The first-order chi connectivity index (χ1) is 13.4. The molecule has 0 heterocycles. The largest absolute Gasteiger partial charge is 0.385 e. The first kappa shape index (κ1) is 26.1. The van der Waals surface area contributed by atoms with Crippen LogP contribution in [0.15, 0.2) is 34.2 Å². The van der Waals surface area contributed by atoms with Crippen molar-refractivity contribution in [2.24, 2.45) is 15.5 Å². The average molecular weight is 538 g/mol. The summed E-state index contributed by atoms with van der Waals surface area (Å²) in [6, 6.07) is 6.68. The van der Waals surface area contributed by atoms with Crippen molar-refractivity contribution in [3.63, 3.8) is 0 Å². The lowest BCUT2D eigenvalue weighted by Crippen LogP contribution is -2.39. The van der Waals surface area contributed by atoms with Crippen molar-refractivity contribution < 1.29 is 13.2 Å². The fraction of sp³-hybridized carbons (Fsp3) is 0.650. The first-order valence-electron chi connectivity index (χ1n) is 10.0. The van der Waals surface area contributed by atoms with E-state index in [0.29, 0.717) is 6.54 Å². The van der Waals surface area contributed by atoms with E-state index in [2.05, 4.69) is 17.6 Å². The number of primary sulfonamides is 1. The van der Waals surface area contributed by atoms with Crippen molar-refractivity contribution in [3.8, 4) is 0 Å². The highest BCUT2D eigenvalue weighted by Crippen LogP contribution is 2.41.